The second kappa shape index (κ2) is 14.5. The van der Waals surface area contributed by atoms with Crippen molar-refractivity contribution in [3.8, 4) is 11.3 Å². The molecule has 0 bridgehead atoms. The van der Waals surface area contributed by atoms with Crippen LogP contribution in [0, 0.1) is 13.8 Å². The molecule has 3 N–H and O–H groups in total. The Labute approximate surface area is 264 Å². The summed E-state index contributed by atoms with van der Waals surface area (Å²) in [6.07, 6.45) is 1.63. The Morgan fingerprint density at radius 3 is 2.14 bits per heavy atom. The number of amides is 3. The normalized spacial score (nSPS) is 11.1. The van der Waals surface area contributed by atoms with E-state index in [1.807, 2.05) is 86.6 Å². The molecular weight excluding hydrogens is 589 g/mol. The van der Waals surface area contributed by atoms with Gasteiger partial charge in [-0.25, -0.2) is 4.98 Å². The fourth-order valence-corrected chi connectivity index (χ4v) is 5.78. The number of hydrogen-bond acceptors (Lipinski definition) is 6. The van der Waals surface area contributed by atoms with Gasteiger partial charge in [0.05, 0.1) is 11.4 Å². The molecule has 7 nitrogen and oxygen atoms in total. The van der Waals surface area contributed by atoms with Crippen LogP contribution >= 0.6 is 23.1 Å². The van der Waals surface area contributed by atoms with Gasteiger partial charge in [0.15, 0.2) is 5.13 Å². The van der Waals surface area contributed by atoms with Crippen LogP contribution in [0.1, 0.15) is 26.4 Å². The summed E-state index contributed by atoms with van der Waals surface area (Å²) in [7, 11) is 0. The molecule has 0 aliphatic heterocycles. The first-order valence-electron chi connectivity index (χ1n) is 13.9. The number of thiazole rings is 1. The number of aryl methyl sites for hydroxylation is 2. The fourth-order valence-electron chi connectivity index (χ4n) is 4.22. The maximum atomic E-state index is 13.2. The molecule has 0 radical (unpaired) electrons. The van der Waals surface area contributed by atoms with Crippen LogP contribution in [0.3, 0.4) is 0 Å². The van der Waals surface area contributed by atoms with Gasteiger partial charge >= 0.3 is 0 Å². The van der Waals surface area contributed by atoms with E-state index in [1.54, 1.807) is 42.5 Å². The molecule has 5 rings (SSSR count). The first-order chi connectivity index (χ1) is 21.3. The van der Waals surface area contributed by atoms with E-state index >= 15 is 0 Å². The van der Waals surface area contributed by atoms with Crippen LogP contribution in [0.15, 0.2) is 120 Å². The van der Waals surface area contributed by atoms with Crippen molar-refractivity contribution < 1.29 is 14.4 Å². The number of aromatic nitrogens is 1. The number of carbonyl (C=O) groups excluding carboxylic acids is 3. The van der Waals surface area contributed by atoms with E-state index in [1.165, 1.54) is 28.7 Å². The van der Waals surface area contributed by atoms with Crippen molar-refractivity contribution >= 4 is 57.7 Å². The third-order valence-corrected chi connectivity index (χ3v) is 8.39. The molecule has 0 aliphatic rings. The first kappa shape index (κ1) is 30.5. The molecule has 0 atom stereocenters. The van der Waals surface area contributed by atoms with E-state index in [4.69, 9.17) is 0 Å². The number of anilines is 2. The smallest absolute Gasteiger partial charge is 0.272 e. The maximum Gasteiger partial charge on any atom is 0.272 e. The third-order valence-electron chi connectivity index (χ3n) is 6.49. The predicted octanol–water partition coefficient (Wildman–Crippen LogP) is 7.57. The molecule has 0 fully saturated rings. The zero-order valence-corrected chi connectivity index (χ0v) is 25.8. The fraction of sp³-hybridized carbons (Fsp3) is 0.0857. The summed E-state index contributed by atoms with van der Waals surface area (Å²) in [4.78, 5) is 45.2. The van der Waals surface area contributed by atoms with Crippen LogP contribution in [0.4, 0.5) is 10.8 Å². The van der Waals surface area contributed by atoms with Gasteiger partial charge in [-0.05, 0) is 61.9 Å². The number of benzene rings is 4. The summed E-state index contributed by atoms with van der Waals surface area (Å²) in [6, 6.07) is 33.4. The minimum atomic E-state index is -0.457. The number of thioether (sulfide) groups is 1. The second-order valence-corrected chi connectivity index (χ2v) is 12.1. The number of nitrogens with zero attached hydrogens (tertiary/aromatic N) is 1. The molecule has 4 aromatic carbocycles. The van der Waals surface area contributed by atoms with E-state index in [0.717, 1.165) is 26.6 Å². The average molecular weight is 619 g/mol. The molecule has 3 amide bonds. The minimum absolute atomic E-state index is 0.114. The highest BCUT2D eigenvalue weighted by atomic mass is 32.2. The van der Waals surface area contributed by atoms with Crippen molar-refractivity contribution in [2.75, 3.05) is 16.4 Å². The van der Waals surface area contributed by atoms with Crippen LogP contribution in [-0.4, -0.2) is 28.5 Å². The number of carbonyl (C=O) groups is 3. The van der Waals surface area contributed by atoms with Crippen molar-refractivity contribution in [1.82, 2.24) is 10.3 Å². The molecule has 0 saturated carbocycles. The summed E-state index contributed by atoms with van der Waals surface area (Å²) in [5, 5.41) is 9.06. The van der Waals surface area contributed by atoms with Crippen LogP contribution in [0.25, 0.3) is 17.3 Å². The Morgan fingerprint density at radius 2 is 1.45 bits per heavy atom. The van der Waals surface area contributed by atoms with E-state index < -0.39 is 5.91 Å². The molecule has 44 heavy (non-hydrogen) atoms. The topological polar surface area (TPSA) is 100 Å². The van der Waals surface area contributed by atoms with Gasteiger partial charge in [0.1, 0.15) is 5.70 Å². The Balaban J connectivity index is 1.18. The van der Waals surface area contributed by atoms with Crippen LogP contribution in [0.5, 0.6) is 0 Å². The van der Waals surface area contributed by atoms with E-state index in [2.05, 4.69) is 20.9 Å². The summed E-state index contributed by atoms with van der Waals surface area (Å²) in [6.45, 7) is 4.04. The van der Waals surface area contributed by atoms with Crippen LogP contribution in [0.2, 0.25) is 0 Å². The lowest BCUT2D eigenvalue weighted by Crippen LogP contribution is -2.30. The summed E-state index contributed by atoms with van der Waals surface area (Å²) < 4.78 is 0. The minimum Gasteiger partial charge on any atom is -0.321 e. The highest BCUT2D eigenvalue weighted by molar-refractivity contribution is 8.00. The second-order valence-electron chi connectivity index (χ2n) is 9.89. The van der Waals surface area contributed by atoms with Gasteiger partial charge in [-0.3, -0.25) is 14.4 Å². The van der Waals surface area contributed by atoms with Crippen LogP contribution in [-0.2, 0) is 9.59 Å². The molecule has 0 aliphatic carbocycles. The largest absolute Gasteiger partial charge is 0.321 e. The Kier molecular flexibility index (Phi) is 10.0. The van der Waals surface area contributed by atoms with Crippen molar-refractivity contribution in [2.24, 2.45) is 0 Å². The molecule has 5 aromatic rings. The number of rotatable bonds is 10. The standard InChI is InChI=1S/C35H30N4O3S2/c1-23-13-15-26(16-14-23)32-24(2)44-35(39-32)38-31(40)22-43-29-19-17-28(18-20-29)36-34(42)30(21-25-9-5-3-6-10-25)37-33(41)27-11-7-4-8-12-27/h3-21H,22H2,1-2H3,(H,36,42)(H,37,41)(H,38,39,40)/b30-21-. The average Bonchev–Trinajstić information content (AvgIpc) is 3.40. The van der Waals surface area contributed by atoms with Crippen molar-refractivity contribution in [1.29, 1.82) is 0 Å². The monoisotopic (exact) mass is 618 g/mol. The Morgan fingerprint density at radius 1 is 0.795 bits per heavy atom. The number of hydrogen-bond donors (Lipinski definition) is 3. The lowest BCUT2D eigenvalue weighted by Gasteiger charge is -2.12. The Bertz CT molecular complexity index is 1780. The van der Waals surface area contributed by atoms with Gasteiger partial charge in [-0.15, -0.1) is 23.1 Å². The van der Waals surface area contributed by atoms with Crippen molar-refractivity contribution in [2.45, 2.75) is 18.7 Å². The lowest BCUT2D eigenvalue weighted by atomic mass is 10.1. The van der Waals surface area contributed by atoms with Gasteiger partial charge < -0.3 is 16.0 Å². The zero-order chi connectivity index (χ0) is 30.9. The van der Waals surface area contributed by atoms with E-state index in [9.17, 15) is 14.4 Å². The predicted molar refractivity (Wildman–Crippen MR) is 180 cm³/mol. The molecule has 1 aromatic heterocycles. The first-order valence-corrected chi connectivity index (χ1v) is 15.7. The van der Waals surface area contributed by atoms with Crippen molar-refractivity contribution in [3.05, 3.63) is 136 Å². The van der Waals surface area contributed by atoms with E-state index in [0.29, 0.717) is 16.4 Å². The van der Waals surface area contributed by atoms with Gasteiger partial charge in [-0.1, -0.05) is 78.4 Å². The summed E-state index contributed by atoms with van der Waals surface area (Å²) >= 11 is 2.83. The lowest BCUT2D eigenvalue weighted by molar-refractivity contribution is -0.114. The molecule has 9 heteroatoms. The summed E-state index contributed by atoms with van der Waals surface area (Å²) in [5.41, 5.74) is 4.96. The quantitative estimate of drug-likeness (QED) is 0.111. The van der Waals surface area contributed by atoms with Crippen molar-refractivity contribution in [3.63, 3.8) is 0 Å². The van der Waals surface area contributed by atoms with Gasteiger partial charge in [0, 0.05) is 26.6 Å². The molecule has 0 unspecified atom stereocenters. The molecule has 220 valence electrons. The Hall–Kier alpha value is -4.99. The number of nitrogens with one attached hydrogen (secondary N) is 3. The molecule has 0 saturated heterocycles. The summed E-state index contributed by atoms with van der Waals surface area (Å²) in [5.74, 6) is -0.782. The van der Waals surface area contributed by atoms with Crippen LogP contribution < -0.4 is 16.0 Å². The zero-order valence-electron chi connectivity index (χ0n) is 24.2. The van der Waals surface area contributed by atoms with Gasteiger partial charge in [-0.2, -0.15) is 0 Å². The molecule has 0 spiro atoms. The highest BCUT2D eigenvalue weighted by Gasteiger charge is 2.16. The maximum absolute atomic E-state index is 13.2. The SMILES string of the molecule is Cc1ccc(-c2nc(NC(=O)CSc3ccc(NC(=O)/C(=C/c4ccccc4)NC(=O)c4ccccc4)cc3)sc2C)cc1. The van der Waals surface area contributed by atoms with Gasteiger partial charge in [0.2, 0.25) is 5.91 Å². The van der Waals surface area contributed by atoms with Gasteiger partial charge in [0.25, 0.3) is 11.8 Å². The highest BCUT2D eigenvalue weighted by Crippen LogP contribution is 2.31. The third kappa shape index (κ3) is 8.31. The molecule has 1 heterocycles. The molecular formula is C35H30N4O3S2. The van der Waals surface area contributed by atoms with E-state index in [-0.39, 0.29) is 23.3 Å².